The third kappa shape index (κ3) is 3.54. The molecule has 4 rings (SSSR count). The van der Waals surface area contributed by atoms with Crippen molar-refractivity contribution in [3.63, 3.8) is 0 Å². The minimum atomic E-state index is 0.556. The second-order valence-electron chi connectivity index (χ2n) is 6.09. The Hall–Kier alpha value is -2.83. The number of pyridine rings is 1. The first-order valence-corrected chi connectivity index (χ1v) is 9.47. The summed E-state index contributed by atoms with van der Waals surface area (Å²) >= 11 is 7.60. The molecule has 3 heterocycles. The van der Waals surface area contributed by atoms with E-state index in [1.807, 2.05) is 42.6 Å². The van der Waals surface area contributed by atoms with Gasteiger partial charge in [0.1, 0.15) is 0 Å². The molecule has 0 saturated heterocycles. The van der Waals surface area contributed by atoms with Gasteiger partial charge in [-0.1, -0.05) is 29.8 Å². The maximum Gasteiger partial charge on any atom is 0.215 e. The van der Waals surface area contributed by atoms with Crippen LogP contribution in [0, 0.1) is 0 Å². The molecule has 0 bridgehead atoms. The minimum Gasteiger partial charge on any atom is -0.300 e. The van der Waals surface area contributed by atoms with Crippen LogP contribution in [0.15, 0.2) is 54.9 Å². The number of amides is 1. The van der Waals surface area contributed by atoms with Crippen molar-refractivity contribution in [2.24, 2.45) is 0 Å². The summed E-state index contributed by atoms with van der Waals surface area (Å²) in [6.07, 6.45) is 4.94. The Kier molecular flexibility index (Phi) is 4.83. The Balaban J connectivity index is 1.87. The third-order valence-electron chi connectivity index (χ3n) is 4.23. The standard InChI is InChI=1S/C20H15ClN4OS/c1-25(12-26)20-19-16(10-18(27-19)14-4-6-15(21)7-5-14)17(23-24-20)9-13-3-2-8-22-11-13/h2-8,10-12H,9H2,1H3. The lowest BCUT2D eigenvalue weighted by Crippen LogP contribution is -2.16. The Morgan fingerprint density at radius 3 is 2.70 bits per heavy atom. The van der Waals surface area contributed by atoms with Gasteiger partial charge < -0.3 is 0 Å². The maximum atomic E-state index is 11.3. The molecule has 4 aromatic rings. The van der Waals surface area contributed by atoms with Gasteiger partial charge in [-0.25, -0.2) is 0 Å². The van der Waals surface area contributed by atoms with E-state index in [9.17, 15) is 4.79 Å². The number of anilines is 1. The van der Waals surface area contributed by atoms with E-state index in [2.05, 4.69) is 21.2 Å². The third-order valence-corrected chi connectivity index (χ3v) is 5.66. The number of halogens is 1. The number of rotatable bonds is 5. The fraction of sp³-hybridized carbons (Fsp3) is 0.100. The van der Waals surface area contributed by atoms with Gasteiger partial charge in [-0.2, -0.15) is 5.10 Å². The van der Waals surface area contributed by atoms with E-state index in [1.54, 1.807) is 24.6 Å². The van der Waals surface area contributed by atoms with Crippen molar-refractivity contribution in [3.8, 4) is 10.4 Å². The molecule has 1 amide bonds. The topological polar surface area (TPSA) is 59.0 Å². The van der Waals surface area contributed by atoms with E-state index >= 15 is 0 Å². The highest BCUT2D eigenvalue weighted by Crippen LogP contribution is 2.39. The monoisotopic (exact) mass is 394 g/mol. The summed E-state index contributed by atoms with van der Waals surface area (Å²) in [5.41, 5.74) is 2.98. The highest BCUT2D eigenvalue weighted by Gasteiger charge is 2.17. The molecule has 5 nitrogen and oxygen atoms in total. The Morgan fingerprint density at radius 1 is 1.19 bits per heavy atom. The molecule has 0 N–H and O–H groups in total. The van der Waals surface area contributed by atoms with E-state index in [-0.39, 0.29) is 0 Å². The number of nitrogens with zero attached hydrogens (tertiary/aromatic N) is 4. The molecule has 27 heavy (non-hydrogen) atoms. The van der Waals surface area contributed by atoms with Gasteiger partial charge in [0.25, 0.3) is 0 Å². The van der Waals surface area contributed by atoms with Gasteiger partial charge in [0.05, 0.1) is 10.4 Å². The van der Waals surface area contributed by atoms with Gasteiger partial charge in [0, 0.05) is 41.1 Å². The van der Waals surface area contributed by atoms with Crippen molar-refractivity contribution >= 4 is 45.3 Å². The summed E-state index contributed by atoms with van der Waals surface area (Å²) in [6.45, 7) is 0. The Labute approximate surface area is 165 Å². The average Bonchev–Trinajstić information content (AvgIpc) is 3.15. The lowest BCUT2D eigenvalue weighted by atomic mass is 10.1. The summed E-state index contributed by atoms with van der Waals surface area (Å²) in [5.74, 6) is 0.556. The first-order valence-electron chi connectivity index (χ1n) is 8.28. The molecular formula is C20H15ClN4OS. The number of carbonyl (C=O) groups excluding carboxylic acids is 1. The van der Waals surface area contributed by atoms with Crippen LogP contribution in [0.1, 0.15) is 11.3 Å². The zero-order valence-electron chi connectivity index (χ0n) is 14.5. The summed E-state index contributed by atoms with van der Waals surface area (Å²) in [6, 6.07) is 13.7. The average molecular weight is 395 g/mol. The second kappa shape index (κ2) is 7.42. The van der Waals surface area contributed by atoms with Crippen LogP contribution in [-0.2, 0) is 11.2 Å². The molecule has 0 fully saturated rings. The van der Waals surface area contributed by atoms with Crippen LogP contribution >= 0.6 is 22.9 Å². The molecule has 0 atom stereocenters. The number of hydrogen-bond donors (Lipinski definition) is 0. The molecule has 0 saturated carbocycles. The number of aromatic nitrogens is 3. The summed E-state index contributed by atoms with van der Waals surface area (Å²) in [7, 11) is 1.68. The molecular weight excluding hydrogens is 380 g/mol. The van der Waals surface area contributed by atoms with Gasteiger partial charge in [-0.3, -0.25) is 14.7 Å². The number of thiophene rings is 1. The van der Waals surface area contributed by atoms with Crippen molar-refractivity contribution in [2.45, 2.75) is 6.42 Å². The van der Waals surface area contributed by atoms with E-state index in [0.29, 0.717) is 17.3 Å². The van der Waals surface area contributed by atoms with Crippen LogP contribution in [0.3, 0.4) is 0 Å². The fourth-order valence-corrected chi connectivity index (χ4v) is 4.18. The molecule has 1 aromatic carbocycles. The first-order chi connectivity index (χ1) is 13.2. The van der Waals surface area contributed by atoms with Crippen LogP contribution in [0.2, 0.25) is 5.02 Å². The molecule has 7 heteroatoms. The molecule has 3 aromatic heterocycles. The molecule has 0 aliphatic carbocycles. The van der Waals surface area contributed by atoms with Crippen LogP contribution in [-0.4, -0.2) is 28.6 Å². The Morgan fingerprint density at radius 2 is 2.00 bits per heavy atom. The molecule has 0 radical (unpaired) electrons. The minimum absolute atomic E-state index is 0.556. The first kappa shape index (κ1) is 17.6. The largest absolute Gasteiger partial charge is 0.300 e. The van der Waals surface area contributed by atoms with Crippen molar-refractivity contribution in [1.82, 2.24) is 15.2 Å². The van der Waals surface area contributed by atoms with E-state index in [0.717, 1.165) is 38.2 Å². The number of hydrogen-bond acceptors (Lipinski definition) is 5. The lowest BCUT2D eigenvalue weighted by molar-refractivity contribution is -0.107. The molecule has 134 valence electrons. The summed E-state index contributed by atoms with van der Waals surface area (Å²) in [4.78, 5) is 18.0. The summed E-state index contributed by atoms with van der Waals surface area (Å²) < 4.78 is 0.934. The number of fused-ring (bicyclic) bond motifs is 1. The highest BCUT2D eigenvalue weighted by molar-refractivity contribution is 7.22. The molecule has 0 unspecified atom stereocenters. The normalized spacial score (nSPS) is 10.9. The van der Waals surface area contributed by atoms with Gasteiger partial charge in [-0.05, 0) is 35.4 Å². The van der Waals surface area contributed by atoms with E-state index in [4.69, 9.17) is 11.6 Å². The van der Waals surface area contributed by atoms with Crippen LogP contribution in [0.4, 0.5) is 5.82 Å². The number of benzene rings is 1. The second-order valence-corrected chi connectivity index (χ2v) is 7.57. The van der Waals surface area contributed by atoms with Gasteiger partial charge in [0.2, 0.25) is 6.41 Å². The van der Waals surface area contributed by atoms with Gasteiger partial charge >= 0.3 is 0 Å². The van der Waals surface area contributed by atoms with Crippen LogP contribution in [0.25, 0.3) is 20.5 Å². The SMILES string of the molecule is CN(C=O)c1nnc(Cc2cccnc2)c2cc(-c3ccc(Cl)cc3)sc12. The van der Waals surface area contributed by atoms with Crippen molar-refractivity contribution in [2.75, 3.05) is 11.9 Å². The van der Waals surface area contributed by atoms with Crippen molar-refractivity contribution in [3.05, 3.63) is 71.1 Å². The van der Waals surface area contributed by atoms with Crippen LogP contribution in [0.5, 0.6) is 0 Å². The van der Waals surface area contributed by atoms with Crippen LogP contribution < -0.4 is 4.90 Å². The van der Waals surface area contributed by atoms with Crippen molar-refractivity contribution in [1.29, 1.82) is 0 Å². The number of carbonyl (C=O) groups is 1. The van der Waals surface area contributed by atoms with E-state index < -0.39 is 0 Å². The predicted octanol–water partition coefficient (Wildman–Crippen LogP) is 4.59. The molecule has 0 aliphatic heterocycles. The Bertz CT molecular complexity index is 1100. The zero-order valence-corrected chi connectivity index (χ0v) is 16.0. The quantitative estimate of drug-likeness (QED) is 0.464. The smallest absolute Gasteiger partial charge is 0.215 e. The highest BCUT2D eigenvalue weighted by atomic mass is 35.5. The van der Waals surface area contributed by atoms with Gasteiger partial charge in [-0.15, -0.1) is 16.4 Å². The lowest BCUT2D eigenvalue weighted by Gasteiger charge is -2.11. The summed E-state index contributed by atoms with van der Waals surface area (Å²) in [5, 5.41) is 10.4. The predicted molar refractivity (Wildman–Crippen MR) is 109 cm³/mol. The van der Waals surface area contributed by atoms with Gasteiger partial charge in [0.15, 0.2) is 5.82 Å². The molecule has 0 spiro atoms. The fourth-order valence-electron chi connectivity index (χ4n) is 2.84. The van der Waals surface area contributed by atoms with Crippen molar-refractivity contribution < 1.29 is 4.79 Å². The molecule has 0 aliphatic rings. The van der Waals surface area contributed by atoms with E-state index in [1.165, 1.54) is 4.90 Å². The maximum absolute atomic E-state index is 11.3. The zero-order chi connectivity index (χ0) is 18.8.